The maximum Gasteiger partial charge on any atom is 0.407 e. The van der Waals surface area contributed by atoms with Gasteiger partial charge in [-0.25, -0.2) is 38.4 Å². The zero-order chi connectivity index (χ0) is 99.6. The summed E-state index contributed by atoms with van der Waals surface area (Å²) >= 11 is 4.47. The molecule has 0 radical (unpaired) electrons. The van der Waals surface area contributed by atoms with Gasteiger partial charge < -0.3 is 101 Å². The number of hydrogen-bond acceptors (Lipinski definition) is 20. The number of esters is 4. The van der Waals surface area contributed by atoms with E-state index in [1.807, 2.05) is 69.6 Å². The summed E-state index contributed by atoms with van der Waals surface area (Å²) in [6, 6.07) is 4.89. The molecule has 6 atom stereocenters. The zero-order valence-electron chi connectivity index (χ0n) is 82.0. The number of urea groups is 2. The number of aromatic amines is 2. The molecule has 0 saturated heterocycles. The number of unbranched alkanes of at least 4 members (excludes halogenated alkanes) is 2. The third-order valence-electron chi connectivity index (χ3n) is 21.9. The maximum absolute atomic E-state index is 14.4. The van der Waals surface area contributed by atoms with E-state index in [9.17, 15) is 77.3 Å². The number of carbonyl (C=O) groups excluding carboxylic acids is 12. The number of benzene rings is 2. The lowest BCUT2D eigenvalue weighted by molar-refractivity contribution is -0.165. The van der Waals surface area contributed by atoms with Gasteiger partial charge in [0.15, 0.2) is 0 Å². The minimum Gasteiger partial charge on any atom is -0.481 e. The van der Waals surface area contributed by atoms with E-state index in [0.717, 1.165) is 70.7 Å². The number of aromatic nitrogens is 2. The van der Waals surface area contributed by atoms with Crippen LogP contribution in [0.4, 0.5) is 19.2 Å². The summed E-state index contributed by atoms with van der Waals surface area (Å²) in [5.74, 6) is -6.69. The lowest BCUT2D eigenvalue weighted by Gasteiger charge is -2.54. The Bertz CT molecular complexity index is 4590. The summed E-state index contributed by atoms with van der Waals surface area (Å²) < 4.78 is 35.0. The number of ether oxygens (including phenoxy) is 6. The number of halogens is 2. The smallest absolute Gasteiger partial charge is 0.407 e. The van der Waals surface area contributed by atoms with E-state index in [2.05, 4.69) is 103 Å². The Hall–Kier alpha value is -9.24. The van der Waals surface area contributed by atoms with Crippen LogP contribution < -0.4 is 47.9 Å². The van der Waals surface area contributed by atoms with Crippen LogP contribution in [-0.4, -0.2) is 210 Å². The number of nitrogens with one attached hydrogen (secondary N) is 11. The second-order valence-electron chi connectivity index (χ2n) is 42.6. The van der Waals surface area contributed by atoms with Crippen LogP contribution in [0.3, 0.4) is 0 Å². The van der Waals surface area contributed by atoms with E-state index >= 15 is 0 Å². The number of carboxylic acid groups (broad SMARTS) is 2. The highest BCUT2D eigenvalue weighted by molar-refractivity contribution is 14.1. The van der Waals surface area contributed by atoms with Gasteiger partial charge in [-0.05, 0) is 358 Å². The van der Waals surface area contributed by atoms with Crippen molar-refractivity contribution in [2.45, 2.75) is 369 Å². The molecule has 2 heterocycles. The third-order valence-corrected chi connectivity index (χ3v) is 23.2. The second-order valence-corrected chi connectivity index (χ2v) is 45.1. The molecule has 10 amide bonds. The van der Waals surface area contributed by atoms with E-state index in [0.29, 0.717) is 64.5 Å². The highest BCUT2D eigenvalue weighted by atomic mass is 127. The molecular formula is C96H150I2N12O22. The SMILES string of the molecule is CC(C)(C)OC(=O)CC[C@H](NC(=O)N[C@@H](CCCCNC(=O)[C@@H](Cc1c[nH]c2ccc(I)cc12)NC(=O)C1CCC(CNC(=O)OC(C)(C)C)CC1)C(=O)OC(C)(C)C)C(=O)OC(C)(C)C.CC(C)(C)OC(=O)NCC1CCC(C(=O)N[C@H](Cc2c[nH]c3ccc(I)cc23)C(=O)NCCCC[C@H](NC(=O)N(C(C)(C)C)[C@@](CCC(=O)O)(C(=O)O)C(C)(C)C)C(=O)OC(C)(C)C)CC1. The Morgan fingerprint density at radius 2 is 0.780 bits per heavy atom. The fraction of sp³-hybridized carbons (Fsp3) is 0.688. The summed E-state index contributed by atoms with van der Waals surface area (Å²) in [7, 11) is 0. The number of H-pyrrole nitrogens is 2. The van der Waals surface area contributed by atoms with Crippen molar-refractivity contribution >= 4 is 151 Å². The molecule has 0 unspecified atom stereocenters. The fourth-order valence-electron chi connectivity index (χ4n) is 15.8. The molecule has 740 valence electrons. The number of carboxylic acids is 2. The number of rotatable bonds is 38. The molecular weight excluding hydrogens is 1930 g/mol. The van der Waals surface area contributed by atoms with Crippen LogP contribution in [0.2, 0.25) is 0 Å². The molecule has 2 saturated carbocycles. The van der Waals surface area contributed by atoms with Crippen LogP contribution in [0.25, 0.3) is 21.8 Å². The van der Waals surface area contributed by atoms with Gasteiger partial charge in [0.2, 0.25) is 23.6 Å². The van der Waals surface area contributed by atoms with E-state index in [1.54, 1.807) is 145 Å². The Labute approximate surface area is 805 Å². The van der Waals surface area contributed by atoms with Gasteiger partial charge in [-0.2, -0.15) is 0 Å². The number of fused-ring (bicyclic) bond motifs is 2. The van der Waals surface area contributed by atoms with Crippen LogP contribution in [0, 0.1) is 36.2 Å². The summed E-state index contributed by atoms with van der Waals surface area (Å²) in [6.45, 7) is 42.4. The average Bonchev–Trinajstić information content (AvgIpc) is 0.857. The molecule has 0 aliphatic heterocycles. The van der Waals surface area contributed by atoms with Crippen LogP contribution in [0.15, 0.2) is 48.8 Å². The van der Waals surface area contributed by atoms with Crippen LogP contribution in [0.1, 0.15) is 293 Å². The number of nitrogens with zero attached hydrogens (tertiary/aromatic N) is 1. The molecule has 36 heteroatoms. The Balaban J connectivity index is 0.000000467. The summed E-state index contributed by atoms with van der Waals surface area (Å²) in [6.07, 6.45) is 9.11. The summed E-state index contributed by atoms with van der Waals surface area (Å²) in [5.41, 5.74) is -5.33. The van der Waals surface area contributed by atoms with E-state index in [1.165, 1.54) is 0 Å². The van der Waals surface area contributed by atoms with Gasteiger partial charge in [-0.3, -0.25) is 28.8 Å². The maximum atomic E-state index is 14.4. The van der Waals surface area contributed by atoms with Gasteiger partial charge in [0.05, 0.1) is 0 Å². The minimum atomic E-state index is -1.99. The number of alkyl carbamates (subject to hydrolysis) is 2. The van der Waals surface area contributed by atoms with Gasteiger partial charge in [-0.1, -0.05) is 20.8 Å². The fourth-order valence-corrected chi connectivity index (χ4v) is 16.8. The largest absolute Gasteiger partial charge is 0.481 e. The van der Waals surface area contributed by atoms with Gasteiger partial charge in [0.1, 0.15) is 69.4 Å². The van der Waals surface area contributed by atoms with Crippen molar-refractivity contribution in [3.63, 3.8) is 0 Å². The lowest BCUT2D eigenvalue weighted by atomic mass is 9.68. The van der Waals surface area contributed by atoms with Crippen LogP contribution >= 0.6 is 45.2 Å². The molecule has 13 N–H and O–H groups in total. The highest BCUT2D eigenvalue weighted by Crippen LogP contribution is 2.44. The predicted octanol–water partition coefficient (Wildman–Crippen LogP) is 14.9. The third kappa shape index (κ3) is 39.7. The molecule has 132 heavy (non-hydrogen) atoms. The number of hydrogen-bond donors (Lipinski definition) is 13. The van der Waals surface area contributed by atoms with Gasteiger partial charge in [-0.15, -0.1) is 0 Å². The predicted molar refractivity (Wildman–Crippen MR) is 519 cm³/mol. The monoisotopic (exact) mass is 2080 g/mol. The quantitative estimate of drug-likeness (QED) is 0.00858. The van der Waals surface area contributed by atoms with Crippen molar-refractivity contribution in [2.24, 2.45) is 29.1 Å². The molecule has 2 aliphatic carbocycles. The summed E-state index contributed by atoms with van der Waals surface area (Å²) in [4.78, 5) is 193. The van der Waals surface area contributed by atoms with Crippen LogP contribution in [0.5, 0.6) is 0 Å². The first kappa shape index (κ1) is 113. The Morgan fingerprint density at radius 3 is 1.11 bits per heavy atom. The van der Waals surface area contributed by atoms with E-state index in [4.69, 9.17) is 28.4 Å². The van der Waals surface area contributed by atoms with Crippen molar-refractivity contribution in [2.75, 3.05) is 26.2 Å². The normalized spacial score (nSPS) is 17.3. The molecule has 6 rings (SSSR count). The molecule has 34 nitrogen and oxygen atoms in total. The standard InChI is InChI=1S/2C48H75IN6O11/c1-44(2,3)48(41(61)62,23-22-37(56)57)55(45(4,5)6)42(63)54-35(40(60)65-46(7,8)9)15-13-14-24-50-39(59)36(25-31-28-51-34-21-20-32(49)26-33(31)34)53-38(58)30-18-16-29(17-19-30)27-52-43(64)66-47(10,11)12;1-45(2,3)63-38(56)23-22-36(42(60)65-47(7,8)9)55-43(61)54-35(41(59)64-46(4,5)6)15-13-14-24-50-40(58)37(25-31-28-51-34-21-20-32(49)26-33(31)34)53-39(57)30-18-16-29(17-19-30)27-52-44(62)66-48(10,11)12/h20-21,26,28-30,35-36,51H,13-19,22-25,27H2,1-12H3,(H,50,59)(H,52,64)(H,53,58)(H,54,63)(H,56,57)(H,61,62);20-21,26,28-30,35-37,51H,13-19,22-25,27H2,1-12H3,(H,50,58)(H,52,62)(H,53,57)(H2,54,55,61)/t29?,30?,35-,36+,48-;29?,30?,35-,36-,37+/m00/s1. The molecule has 2 aromatic carbocycles. The van der Waals surface area contributed by atoms with Crippen LogP contribution in [-0.2, 0) is 89.2 Å². The molecule has 2 aliphatic rings. The van der Waals surface area contributed by atoms with Gasteiger partial charge in [0, 0.05) is 111 Å². The number of aliphatic carboxylic acids is 2. The molecule has 2 aromatic heterocycles. The highest BCUT2D eigenvalue weighted by Gasteiger charge is 2.59. The Morgan fingerprint density at radius 1 is 0.424 bits per heavy atom. The first-order chi connectivity index (χ1) is 60.8. The number of carbonyl (C=O) groups is 14. The molecule has 2 fully saturated rings. The molecule has 0 spiro atoms. The van der Waals surface area contributed by atoms with Crippen molar-refractivity contribution in [3.8, 4) is 0 Å². The van der Waals surface area contributed by atoms with Gasteiger partial charge >= 0.3 is 60.1 Å². The van der Waals surface area contributed by atoms with Crippen molar-refractivity contribution < 1.29 is 106 Å². The van der Waals surface area contributed by atoms with E-state index < -0.39 is 147 Å². The molecule has 0 bridgehead atoms. The van der Waals surface area contributed by atoms with Crippen molar-refractivity contribution in [3.05, 3.63) is 67.1 Å². The lowest BCUT2D eigenvalue weighted by Crippen LogP contribution is -2.71. The topological polar surface area (TPSA) is 478 Å². The zero-order valence-corrected chi connectivity index (χ0v) is 86.4. The first-order valence-electron chi connectivity index (χ1n) is 46.0. The second kappa shape index (κ2) is 49.3. The Kier molecular flexibility index (Phi) is 42.3. The van der Waals surface area contributed by atoms with Crippen molar-refractivity contribution in [1.82, 2.24) is 62.7 Å². The van der Waals surface area contributed by atoms with Crippen molar-refractivity contribution in [1.29, 1.82) is 0 Å². The van der Waals surface area contributed by atoms with Gasteiger partial charge in [0.25, 0.3) is 0 Å². The average molecular weight is 2080 g/mol. The number of amides is 10. The minimum absolute atomic E-state index is 0.0727. The summed E-state index contributed by atoms with van der Waals surface area (Å²) in [5, 5.41) is 47.9. The van der Waals surface area contributed by atoms with E-state index in [-0.39, 0.29) is 105 Å². The molecule has 4 aromatic rings. The first-order valence-corrected chi connectivity index (χ1v) is 48.1.